The lowest BCUT2D eigenvalue weighted by atomic mass is 10.4. The molecule has 2 aromatic heterocycles. The molecule has 2 radical (unpaired) electrons. The van der Waals surface area contributed by atoms with Crippen LogP contribution in [0.4, 0.5) is 5.69 Å². The van der Waals surface area contributed by atoms with Gasteiger partial charge in [-0.25, -0.2) is 9.97 Å². The molecular formula is C7H6N4. The van der Waals surface area contributed by atoms with Crippen molar-refractivity contribution < 1.29 is 0 Å². The average molecular weight is 146 g/mol. The normalized spacial score (nSPS) is 10.6. The lowest BCUT2D eigenvalue weighted by Gasteiger charge is -1.93. The SMILES string of the molecule is [CH]n1cnc2c(N)ccnc21. The third kappa shape index (κ3) is 0.756. The van der Waals surface area contributed by atoms with Crippen LogP contribution < -0.4 is 5.73 Å². The van der Waals surface area contributed by atoms with Gasteiger partial charge in [-0.2, -0.15) is 0 Å². The van der Waals surface area contributed by atoms with Crippen LogP contribution in [0.25, 0.3) is 11.2 Å². The summed E-state index contributed by atoms with van der Waals surface area (Å²) in [6.07, 6.45) is 3.08. The molecule has 4 nitrogen and oxygen atoms in total. The van der Waals surface area contributed by atoms with E-state index < -0.39 is 0 Å². The summed E-state index contributed by atoms with van der Waals surface area (Å²) in [5.74, 6) is 0. The second-order valence-corrected chi connectivity index (χ2v) is 2.22. The van der Waals surface area contributed by atoms with Crippen molar-refractivity contribution in [1.82, 2.24) is 14.5 Å². The van der Waals surface area contributed by atoms with Gasteiger partial charge < -0.3 is 10.3 Å². The van der Waals surface area contributed by atoms with Crippen molar-refractivity contribution >= 4 is 16.9 Å². The fraction of sp³-hybridized carbons (Fsp3) is 0. The van der Waals surface area contributed by atoms with Gasteiger partial charge in [-0.05, 0) is 6.07 Å². The number of imidazole rings is 1. The molecule has 0 atom stereocenters. The average Bonchev–Trinajstić information content (AvgIpc) is 2.35. The van der Waals surface area contributed by atoms with Gasteiger partial charge >= 0.3 is 0 Å². The third-order valence-corrected chi connectivity index (χ3v) is 1.49. The number of hydrogen-bond acceptors (Lipinski definition) is 3. The van der Waals surface area contributed by atoms with Crippen molar-refractivity contribution in [2.45, 2.75) is 0 Å². The molecule has 0 spiro atoms. The molecule has 0 aromatic carbocycles. The number of fused-ring (bicyclic) bond motifs is 1. The second kappa shape index (κ2) is 1.95. The molecule has 0 saturated heterocycles. The fourth-order valence-corrected chi connectivity index (χ4v) is 0.953. The molecular weight excluding hydrogens is 140 g/mol. The summed E-state index contributed by atoms with van der Waals surface area (Å²) >= 11 is 0. The van der Waals surface area contributed by atoms with Crippen molar-refractivity contribution in [2.75, 3.05) is 5.73 Å². The highest BCUT2D eigenvalue weighted by molar-refractivity contribution is 5.83. The van der Waals surface area contributed by atoms with Crippen LogP contribution in [0.3, 0.4) is 0 Å². The zero-order valence-electron chi connectivity index (χ0n) is 5.73. The first-order valence-electron chi connectivity index (χ1n) is 3.11. The van der Waals surface area contributed by atoms with Crippen molar-refractivity contribution in [3.63, 3.8) is 0 Å². The number of nitrogen functional groups attached to an aromatic ring is 1. The Kier molecular flexibility index (Phi) is 1.09. The van der Waals surface area contributed by atoms with Gasteiger partial charge in [0.15, 0.2) is 5.65 Å². The molecule has 0 fully saturated rings. The van der Waals surface area contributed by atoms with Crippen LogP contribution in [-0.4, -0.2) is 14.5 Å². The van der Waals surface area contributed by atoms with E-state index in [0.717, 1.165) is 0 Å². The van der Waals surface area contributed by atoms with Crippen molar-refractivity contribution in [2.24, 2.45) is 0 Å². The molecule has 11 heavy (non-hydrogen) atoms. The first-order chi connectivity index (χ1) is 5.29. The van der Waals surface area contributed by atoms with Gasteiger partial charge in [0.25, 0.3) is 0 Å². The van der Waals surface area contributed by atoms with E-state index in [4.69, 9.17) is 12.8 Å². The molecule has 2 rings (SSSR count). The molecule has 0 amide bonds. The minimum Gasteiger partial charge on any atom is -0.397 e. The number of hydrogen-bond donors (Lipinski definition) is 1. The fourth-order valence-electron chi connectivity index (χ4n) is 0.953. The van der Waals surface area contributed by atoms with Crippen molar-refractivity contribution in [3.05, 3.63) is 25.6 Å². The summed E-state index contributed by atoms with van der Waals surface area (Å²) in [7, 11) is 5.48. The van der Waals surface area contributed by atoms with Gasteiger partial charge in [-0.15, -0.1) is 0 Å². The Balaban J connectivity index is 2.94. The predicted molar refractivity (Wildman–Crippen MR) is 41.6 cm³/mol. The Bertz CT molecular complexity index is 390. The lowest BCUT2D eigenvalue weighted by molar-refractivity contribution is 1.07. The van der Waals surface area contributed by atoms with Crippen LogP contribution in [0.5, 0.6) is 0 Å². The highest BCUT2D eigenvalue weighted by Gasteiger charge is 2.02. The zero-order chi connectivity index (χ0) is 7.84. The number of nitrogens with two attached hydrogens (primary N) is 1. The van der Waals surface area contributed by atoms with Crippen molar-refractivity contribution in [1.29, 1.82) is 0 Å². The van der Waals surface area contributed by atoms with Gasteiger partial charge in [0.1, 0.15) is 5.52 Å². The van der Waals surface area contributed by atoms with E-state index in [0.29, 0.717) is 16.9 Å². The Morgan fingerprint density at radius 3 is 3.00 bits per heavy atom. The summed E-state index contributed by atoms with van der Waals surface area (Å²) in [4.78, 5) is 7.97. The maximum Gasteiger partial charge on any atom is 0.162 e. The lowest BCUT2D eigenvalue weighted by Crippen LogP contribution is -1.89. The number of aromatic nitrogens is 3. The summed E-state index contributed by atoms with van der Waals surface area (Å²) in [6.45, 7) is 0. The Morgan fingerprint density at radius 1 is 1.45 bits per heavy atom. The zero-order valence-corrected chi connectivity index (χ0v) is 5.73. The molecule has 2 aromatic rings. The topological polar surface area (TPSA) is 56.7 Å². The summed E-state index contributed by atoms with van der Waals surface area (Å²) < 4.78 is 1.34. The Morgan fingerprint density at radius 2 is 2.27 bits per heavy atom. The number of anilines is 1. The molecule has 0 aliphatic heterocycles. The van der Waals surface area contributed by atoms with Gasteiger partial charge in [-0.3, -0.25) is 0 Å². The summed E-state index contributed by atoms with van der Waals surface area (Å²) in [5.41, 5.74) is 7.44. The molecule has 2 heterocycles. The first-order valence-corrected chi connectivity index (χ1v) is 3.11. The minimum atomic E-state index is 0.596. The molecule has 2 N–H and O–H groups in total. The maximum atomic E-state index is 5.60. The predicted octanol–water partition coefficient (Wildman–Crippen LogP) is 0.530. The van der Waals surface area contributed by atoms with Gasteiger partial charge in [-0.1, -0.05) is 0 Å². The van der Waals surface area contributed by atoms with Crippen LogP contribution in [0.1, 0.15) is 0 Å². The highest BCUT2D eigenvalue weighted by Crippen LogP contribution is 2.14. The van der Waals surface area contributed by atoms with E-state index in [1.165, 1.54) is 10.9 Å². The van der Waals surface area contributed by atoms with E-state index in [1.807, 2.05) is 0 Å². The minimum absolute atomic E-state index is 0.596. The largest absolute Gasteiger partial charge is 0.397 e. The van der Waals surface area contributed by atoms with E-state index >= 15 is 0 Å². The Hall–Kier alpha value is -1.58. The number of pyridine rings is 1. The molecule has 0 saturated carbocycles. The summed E-state index contributed by atoms with van der Waals surface area (Å²) in [6, 6.07) is 1.69. The quantitative estimate of drug-likeness (QED) is 0.589. The van der Waals surface area contributed by atoms with E-state index in [1.54, 1.807) is 12.3 Å². The van der Waals surface area contributed by atoms with Crippen molar-refractivity contribution in [3.8, 4) is 0 Å². The van der Waals surface area contributed by atoms with Gasteiger partial charge in [0.05, 0.1) is 19.1 Å². The van der Waals surface area contributed by atoms with Crippen LogP contribution in [-0.2, 0) is 0 Å². The molecule has 4 heteroatoms. The van der Waals surface area contributed by atoms with Crippen LogP contribution >= 0.6 is 0 Å². The molecule has 0 aliphatic rings. The monoisotopic (exact) mass is 146 g/mol. The summed E-state index contributed by atoms with van der Waals surface area (Å²) in [5, 5.41) is 0. The van der Waals surface area contributed by atoms with Crippen LogP contribution in [0.15, 0.2) is 18.6 Å². The molecule has 54 valence electrons. The third-order valence-electron chi connectivity index (χ3n) is 1.49. The maximum absolute atomic E-state index is 5.60. The van der Waals surface area contributed by atoms with Crippen LogP contribution in [0.2, 0.25) is 0 Å². The van der Waals surface area contributed by atoms with E-state index in [2.05, 4.69) is 9.97 Å². The van der Waals surface area contributed by atoms with Gasteiger partial charge in [0.2, 0.25) is 0 Å². The van der Waals surface area contributed by atoms with Crippen LogP contribution in [0, 0.1) is 7.05 Å². The van der Waals surface area contributed by atoms with E-state index in [9.17, 15) is 0 Å². The Labute approximate surface area is 63.7 Å². The standard InChI is InChI=1S/C7H6N4/c1-11-4-10-6-5(8)2-3-9-7(6)11/h1-4H,(H2,8,9). The van der Waals surface area contributed by atoms with Gasteiger partial charge in [0, 0.05) is 6.20 Å². The highest BCUT2D eigenvalue weighted by atomic mass is 15.1. The molecule has 0 bridgehead atoms. The first kappa shape index (κ1) is 6.15. The van der Waals surface area contributed by atoms with E-state index in [-0.39, 0.29) is 0 Å². The molecule has 0 unspecified atom stereocenters. The molecule has 0 aliphatic carbocycles. The second-order valence-electron chi connectivity index (χ2n) is 2.22. The number of rotatable bonds is 0. The number of nitrogens with zero attached hydrogens (tertiary/aromatic N) is 3. The smallest absolute Gasteiger partial charge is 0.162 e.